The number of hydrogen-bond acceptors (Lipinski definition) is 1. The fourth-order valence-corrected chi connectivity index (χ4v) is 2.75. The van der Waals surface area contributed by atoms with Gasteiger partial charge in [-0.25, -0.2) is 4.39 Å². The average molecular weight is 292 g/mol. The summed E-state index contributed by atoms with van der Waals surface area (Å²) < 4.78 is 13.9. The summed E-state index contributed by atoms with van der Waals surface area (Å²) in [6, 6.07) is 15.3. The Hall–Kier alpha value is -1.38. The normalized spacial score (nSPS) is 14.0. The van der Waals surface area contributed by atoms with E-state index in [1.165, 1.54) is 11.6 Å². The van der Waals surface area contributed by atoms with Crippen LogP contribution in [0, 0.1) is 11.7 Å². The fourth-order valence-electron chi connectivity index (χ4n) is 2.59. The van der Waals surface area contributed by atoms with Crippen LogP contribution >= 0.6 is 11.6 Å². The highest BCUT2D eigenvalue weighted by Gasteiger charge is 2.19. The molecule has 0 aromatic heterocycles. The van der Waals surface area contributed by atoms with Crippen LogP contribution in [0.1, 0.15) is 24.1 Å². The van der Waals surface area contributed by atoms with Crippen molar-refractivity contribution in [3.8, 4) is 0 Å². The summed E-state index contributed by atoms with van der Waals surface area (Å²) in [5.74, 6) is 0.0466. The van der Waals surface area contributed by atoms with Gasteiger partial charge < -0.3 is 5.32 Å². The summed E-state index contributed by atoms with van der Waals surface area (Å²) in [5, 5.41) is 3.76. The predicted octanol–water partition coefficient (Wildman–Crippen LogP) is 4.62. The molecule has 0 saturated carbocycles. The molecule has 2 aromatic rings. The van der Waals surface area contributed by atoms with E-state index in [2.05, 4.69) is 24.4 Å². The van der Waals surface area contributed by atoms with Crippen molar-refractivity contribution in [2.75, 3.05) is 7.05 Å². The molecule has 0 radical (unpaired) electrons. The van der Waals surface area contributed by atoms with E-state index in [1.807, 2.05) is 25.2 Å². The maximum absolute atomic E-state index is 13.9. The quantitative estimate of drug-likeness (QED) is 0.848. The molecule has 1 nitrogen and oxygen atoms in total. The van der Waals surface area contributed by atoms with Crippen LogP contribution in [0.3, 0.4) is 0 Å². The van der Waals surface area contributed by atoms with Crippen LogP contribution in [0.4, 0.5) is 4.39 Å². The summed E-state index contributed by atoms with van der Waals surface area (Å²) >= 11 is 5.79. The molecule has 0 heterocycles. The molecule has 2 atom stereocenters. The third-order valence-corrected chi connectivity index (χ3v) is 3.83. The average Bonchev–Trinajstić information content (AvgIpc) is 2.44. The molecule has 20 heavy (non-hydrogen) atoms. The lowest BCUT2D eigenvalue weighted by Crippen LogP contribution is -2.25. The van der Waals surface area contributed by atoms with Crippen molar-refractivity contribution in [2.24, 2.45) is 5.92 Å². The smallest absolute Gasteiger partial charge is 0.127 e. The van der Waals surface area contributed by atoms with Gasteiger partial charge in [0.15, 0.2) is 0 Å². The maximum Gasteiger partial charge on any atom is 0.127 e. The molecular weight excluding hydrogens is 273 g/mol. The minimum Gasteiger partial charge on any atom is -0.313 e. The molecule has 0 aliphatic carbocycles. The first-order valence-electron chi connectivity index (χ1n) is 6.78. The van der Waals surface area contributed by atoms with Gasteiger partial charge in [0, 0.05) is 11.1 Å². The van der Waals surface area contributed by atoms with Crippen molar-refractivity contribution in [3.05, 3.63) is 70.5 Å². The molecule has 0 spiro atoms. The zero-order valence-corrected chi connectivity index (χ0v) is 12.5. The molecule has 2 rings (SSSR count). The number of nitrogens with one attached hydrogen (secondary N) is 1. The van der Waals surface area contributed by atoms with Gasteiger partial charge in [0.1, 0.15) is 5.82 Å². The summed E-state index contributed by atoms with van der Waals surface area (Å²) in [6.45, 7) is 2.13. The van der Waals surface area contributed by atoms with Gasteiger partial charge in [0.2, 0.25) is 0 Å². The third-order valence-electron chi connectivity index (χ3n) is 3.60. The molecule has 0 bridgehead atoms. The zero-order chi connectivity index (χ0) is 14.5. The summed E-state index contributed by atoms with van der Waals surface area (Å²) in [5.41, 5.74) is 1.93. The standard InChI is InChI=1S/C17H19ClFN/c1-12(10-14-8-9-15(18)11-16(14)19)17(20-2)13-6-4-3-5-7-13/h3-9,11-12,17,20H,10H2,1-2H3. The van der Waals surface area contributed by atoms with Gasteiger partial charge in [-0.3, -0.25) is 0 Å². The highest BCUT2D eigenvalue weighted by Crippen LogP contribution is 2.26. The van der Waals surface area contributed by atoms with Crippen molar-refractivity contribution < 1.29 is 4.39 Å². The van der Waals surface area contributed by atoms with Gasteiger partial charge in [0.25, 0.3) is 0 Å². The fraction of sp³-hybridized carbons (Fsp3) is 0.294. The molecule has 0 aliphatic heterocycles. The minimum atomic E-state index is -0.229. The minimum absolute atomic E-state index is 0.200. The van der Waals surface area contributed by atoms with E-state index in [-0.39, 0.29) is 17.8 Å². The lowest BCUT2D eigenvalue weighted by atomic mass is 9.89. The van der Waals surface area contributed by atoms with Crippen molar-refractivity contribution in [2.45, 2.75) is 19.4 Å². The molecule has 0 aliphatic rings. The van der Waals surface area contributed by atoms with Gasteiger partial charge >= 0.3 is 0 Å². The Kier molecular flexibility index (Phi) is 5.16. The van der Waals surface area contributed by atoms with Gasteiger partial charge in [0.05, 0.1) is 0 Å². The Morgan fingerprint density at radius 3 is 2.45 bits per heavy atom. The Labute approximate surface area is 124 Å². The number of hydrogen-bond donors (Lipinski definition) is 1. The molecule has 0 saturated heterocycles. The van der Waals surface area contributed by atoms with Crippen molar-refractivity contribution in [1.29, 1.82) is 0 Å². The highest BCUT2D eigenvalue weighted by atomic mass is 35.5. The van der Waals surface area contributed by atoms with Crippen LogP contribution in [0.2, 0.25) is 5.02 Å². The molecule has 3 heteroatoms. The second-order valence-electron chi connectivity index (χ2n) is 5.09. The first-order valence-corrected chi connectivity index (χ1v) is 7.15. The largest absolute Gasteiger partial charge is 0.313 e. The molecule has 106 valence electrons. The van der Waals surface area contributed by atoms with Crippen LogP contribution in [0.5, 0.6) is 0 Å². The summed E-state index contributed by atoms with van der Waals surface area (Å²) in [6.07, 6.45) is 0.670. The lowest BCUT2D eigenvalue weighted by molar-refractivity contribution is 0.403. The molecule has 1 N–H and O–H groups in total. The van der Waals surface area contributed by atoms with E-state index >= 15 is 0 Å². The Morgan fingerprint density at radius 1 is 1.15 bits per heavy atom. The van der Waals surface area contributed by atoms with Gasteiger partial charge in [-0.1, -0.05) is 54.9 Å². The SMILES string of the molecule is CNC(c1ccccc1)C(C)Cc1ccc(Cl)cc1F. The zero-order valence-electron chi connectivity index (χ0n) is 11.7. The number of benzene rings is 2. The van der Waals surface area contributed by atoms with Crippen molar-refractivity contribution in [1.82, 2.24) is 5.32 Å². The molecule has 0 amide bonds. The van der Waals surface area contributed by atoms with E-state index in [9.17, 15) is 4.39 Å². The first-order chi connectivity index (χ1) is 9.61. The van der Waals surface area contributed by atoms with Crippen LogP contribution in [-0.4, -0.2) is 7.05 Å². The summed E-state index contributed by atoms with van der Waals surface area (Å²) in [7, 11) is 1.94. The lowest BCUT2D eigenvalue weighted by Gasteiger charge is -2.24. The van der Waals surface area contributed by atoms with E-state index in [1.54, 1.807) is 12.1 Å². The topological polar surface area (TPSA) is 12.0 Å². The Bertz CT molecular complexity index is 556. The van der Waals surface area contributed by atoms with Crippen molar-refractivity contribution in [3.63, 3.8) is 0 Å². The maximum atomic E-state index is 13.9. The predicted molar refractivity (Wildman–Crippen MR) is 82.5 cm³/mol. The molecule has 2 aromatic carbocycles. The Balaban J connectivity index is 2.15. The van der Waals surface area contributed by atoms with Gasteiger partial charge in [-0.2, -0.15) is 0 Å². The molecule has 2 unspecified atom stereocenters. The van der Waals surface area contributed by atoms with Crippen molar-refractivity contribution >= 4 is 11.6 Å². The number of halogens is 2. The first kappa shape index (κ1) is 15.0. The van der Waals surface area contributed by atoms with E-state index < -0.39 is 0 Å². The monoisotopic (exact) mass is 291 g/mol. The van der Waals surface area contributed by atoms with E-state index in [0.717, 1.165) is 0 Å². The molecule has 0 fully saturated rings. The summed E-state index contributed by atoms with van der Waals surface area (Å²) in [4.78, 5) is 0. The Morgan fingerprint density at radius 2 is 1.85 bits per heavy atom. The van der Waals surface area contributed by atoms with Crippen LogP contribution in [0.15, 0.2) is 48.5 Å². The highest BCUT2D eigenvalue weighted by molar-refractivity contribution is 6.30. The van der Waals surface area contributed by atoms with Gasteiger partial charge in [-0.05, 0) is 42.6 Å². The number of rotatable bonds is 5. The second kappa shape index (κ2) is 6.87. The third kappa shape index (κ3) is 3.59. The van der Waals surface area contributed by atoms with Crippen LogP contribution in [0.25, 0.3) is 0 Å². The van der Waals surface area contributed by atoms with Crippen LogP contribution in [-0.2, 0) is 6.42 Å². The van der Waals surface area contributed by atoms with Crippen LogP contribution < -0.4 is 5.32 Å². The second-order valence-corrected chi connectivity index (χ2v) is 5.53. The van der Waals surface area contributed by atoms with Gasteiger partial charge in [-0.15, -0.1) is 0 Å². The molecular formula is C17H19ClFN. The van der Waals surface area contributed by atoms with E-state index in [4.69, 9.17) is 11.6 Å². The van der Waals surface area contributed by atoms with E-state index in [0.29, 0.717) is 17.0 Å².